The van der Waals surface area contributed by atoms with Crippen LogP contribution in [0.3, 0.4) is 0 Å². The summed E-state index contributed by atoms with van der Waals surface area (Å²) in [4.78, 5) is 7.08. The van der Waals surface area contributed by atoms with E-state index in [1.165, 1.54) is 36.8 Å². The Morgan fingerprint density at radius 2 is 1.84 bits per heavy atom. The van der Waals surface area contributed by atoms with E-state index < -0.39 is 0 Å². The lowest BCUT2D eigenvalue weighted by Crippen LogP contribution is -2.34. The molecule has 0 spiro atoms. The number of fused-ring (bicyclic) bond motifs is 1. The molecule has 0 amide bonds. The first kappa shape index (κ1) is 21.1. The van der Waals surface area contributed by atoms with E-state index >= 15 is 0 Å². The molecule has 0 aliphatic carbocycles. The molecule has 1 saturated heterocycles. The smallest absolute Gasteiger partial charge is 0.145 e. The number of nitrogens with one attached hydrogen (secondary N) is 1. The first-order valence-electron chi connectivity index (χ1n) is 11.1. The van der Waals surface area contributed by atoms with Crippen LogP contribution in [0.25, 0.3) is 10.9 Å². The number of anilines is 1. The highest BCUT2D eigenvalue weighted by atomic mass is 16.5. The van der Waals surface area contributed by atoms with Crippen molar-refractivity contribution in [2.45, 2.75) is 38.6 Å². The number of hydrogen-bond donors (Lipinski definition) is 1. The van der Waals surface area contributed by atoms with Gasteiger partial charge < -0.3 is 10.1 Å². The fourth-order valence-electron chi connectivity index (χ4n) is 4.49. The zero-order valence-corrected chi connectivity index (χ0v) is 18.4. The molecule has 0 radical (unpaired) electrons. The number of aromatic nitrogens is 1. The highest BCUT2D eigenvalue weighted by Crippen LogP contribution is 2.32. The standard InChI is InChI=1S/C26H30N4O/c1-19-10-12-20(13-11-19)23(30-14-5-3-4-6-15-30)18-29-25-21(16-27)17-28-26-22(25)8-7-9-24(26)31-2/h7-13,17,23H,3-6,14-15,18H2,1-2H3,(H,28,29). The van der Waals surface area contributed by atoms with Crippen molar-refractivity contribution in [3.05, 3.63) is 65.4 Å². The third kappa shape index (κ3) is 4.65. The highest BCUT2D eigenvalue weighted by Gasteiger charge is 2.22. The summed E-state index contributed by atoms with van der Waals surface area (Å²) in [5.41, 5.74) is 4.74. The van der Waals surface area contributed by atoms with Crippen LogP contribution in [0.4, 0.5) is 5.69 Å². The van der Waals surface area contributed by atoms with Gasteiger partial charge in [-0.05, 0) is 44.5 Å². The number of hydrogen-bond acceptors (Lipinski definition) is 5. The van der Waals surface area contributed by atoms with E-state index in [1.54, 1.807) is 13.3 Å². The van der Waals surface area contributed by atoms with Gasteiger partial charge >= 0.3 is 0 Å². The maximum Gasteiger partial charge on any atom is 0.145 e. The lowest BCUT2D eigenvalue weighted by Gasteiger charge is -2.32. The summed E-state index contributed by atoms with van der Waals surface area (Å²) < 4.78 is 5.49. The molecule has 2 heterocycles. The van der Waals surface area contributed by atoms with Crippen LogP contribution >= 0.6 is 0 Å². The SMILES string of the molecule is COc1cccc2c(NCC(c3ccc(C)cc3)N3CCCCCC3)c(C#N)cnc12. The van der Waals surface area contributed by atoms with Crippen LogP contribution in [0.15, 0.2) is 48.7 Å². The number of nitrogens with zero attached hydrogens (tertiary/aromatic N) is 3. The zero-order chi connectivity index (χ0) is 21.6. The Morgan fingerprint density at radius 1 is 1.10 bits per heavy atom. The molecule has 1 atom stereocenters. The van der Waals surface area contributed by atoms with E-state index in [2.05, 4.69) is 52.5 Å². The predicted molar refractivity (Wildman–Crippen MR) is 125 cm³/mol. The summed E-state index contributed by atoms with van der Waals surface area (Å²) in [5, 5.41) is 14.3. The van der Waals surface area contributed by atoms with E-state index in [-0.39, 0.29) is 6.04 Å². The number of benzene rings is 2. The molecule has 1 aliphatic rings. The van der Waals surface area contributed by atoms with Gasteiger partial charge in [-0.15, -0.1) is 0 Å². The number of pyridine rings is 1. The predicted octanol–water partition coefficient (Wildman–Crippen LogP) is 5.45. The van der Waals surface area contributed by atoms with E-state index in [0.717, 1.165) is 36.2 Å². The number of ether oxygens (including phenoxy) is 1. The van der Waals surface area contributed by atoms with Gasteiger partial charge in [0.25, 0.3) is 0 Å². The van der Waals surface area contributed by atoms with E-state index in [4.69, 9.17) is 4.74 Å². The van der Waals surface area contributed by atoms with Gasteiger partial charge in [0, 0.05) is 18.1 Å². The lowest BCUT2D eigenvalue weighted by atomic mass is 10.0. The molecule has 160 valence electrons. The molecule has 1 unspecified atom stereocenters. The van der Waals surface area contributed by atoms with Gasteiger partial charge in [0.05, 0.1) is 24.4 Å². The van der Waals surface area contributed by atoms with Crippen molar-refractivity contribution < 1.29 is 4.74 Å². The van der Waals surface area contributed by atoms with Crippen molar-refractivity contribution in [1.29, 1.82) is 5.26 Å². The van der Waals surface area contributed by atoms with Gasteiger partial charge in [-0.2, -0.15) is 5.26 Å². The maximum absolute atomic E-state index is 9.73. The third-order valence-electron chi connectivity index (χ3n) is 6.22. The van der Waals surface area contributed by atoms with Crippen LogP contribution in [0, 0.1) is 18.3 Å². The molecule has 4 rings (SSSR count). The second-order valence-corrected chi connectivity index (χ2v) is 8.27. The number of rotatable bonds is 6. The first-order valence-corrected chi connectivity index (χ1v) is 11.1. The Bertz CT molecular complexity index is 1060. The second-order valence-electron chi connectivity index (χ2n) is 8.27. The van der Waals surface area contributed by atoms with Crippen LogP contribution in [-0.2, 0) is 0 Å². The number of methoxy groups -OCH3 is 1. The number of nitriles is 1. The first-order chi connectivity index (χ1) is 15.2. The third-order valence-corrected chi connectivity index (χ3v) is 6.22. The zero-order valence-electron chi connectivity index (χ0n) is 18.4. The van der Waals surface area contributed by atoms with Crippen molar-refractivity contribution in [1.82, 2.24) is 9.88 Å². The Kier molecular flexibility index (Phi) is 6.69. The molecule has 5 heteroatoms. The molecule has 1 fully saturated rings. The average molecular weight is 415 g/mol. The molecule has 3 aromatic rings. The summed E-state index contributed by atoms with van der Waals surface area (Å²) in [6, 6.07) is 17.3. The molecule has 5 nitrogen and oxygen atoms in total. The summed E-state index contributed by atoms with van der Waals surface area (Å²) >= 11 is 0. The van der Waals surface area contributed by atoms with Gasteiger partial charge in [-0.25, -0.2) is 0 Å². The second kappa shape index (κ2) is 9.80. The lowest BCUT2D eigenvalue weighted by molar-refractivity contribution is 0.213. The van der Waals surface area contributed by atoms with E-state index in [1.807, 2.05) is 18.2 Å². The largest absolute Gasteiger partial charge is 0.494 e. The van der Waals surface area contributed by atoms with Crippen molar-refractivity contribution >= 4 is 16.6 Å². The van der Waals surface area contributed by atoms with Crippen molar-refractivity contribution in [2.24, 2.45) is 0 Å². The van der Waals surface area contributed by atoms with Crippen LogP contribution in [0.2, 0.25) is 0 Å². The molecule has 0 bridgehead atoms. The van der Waals surface area contributed by atoms with Crippen molar-refractivity contribution in [3.63, 3.8) is 0 Å². The van der Waals surface area contributed by atoms with Gasteiger partial charge in [-0.1, -0.05) is 54.8 Å². The fourth-order valence-corrected chi connectivity index (χ4v) is 4.49. The molecular formula is C26H30N4O. The number of aryl methyl sites for hydroxylation is 1. The highest BCUT2D eigenvalue weighted by molar-refractivity contribution is 5.97. The Balaban J connectivity index is 1.69. The van der Waals surface area contributed by atoms with Crippen molar-refractivity contribution in [2.75, 3.05) is 32.1 Å². The van der Waals surface area contributed by atoms with E-state index in [9.17, 15) is 5.26 Å². The minimum Gasteiger partial charge on any atom is -0.494 e. The molecule has 1 aromatic heterocycles. The Hall–Kier alpha value is -3.10. The van der Waals surface area contributed by atoms with Crippen molar-refractivity contribution in [3.8, 4) is 11.8 Å². The molecular weight excluding hydrogens is 384 g/mol. The Labute approximate surface area is 184 Å². The van der Waals surface area contributed by atoms with Crippen LogP contribution in [0.5, 0.6) is 5.75 Å². The van der Waals surface area contributed by atoms with E-state index in [0.29, 0.717) is 11.3 Å². The van der Waals surface area contributed by atoms with Gasteiger partial charge in [-0.3, -0.25) is 9.88 Å². The normalized spacial score (nSPS) is 15.8. The molecule has 0 saturated carbocycles. The number of para-hydroxylation sites is 1. The topological polar surface area (TPSA) is 61.2 Å². The maximum atomic E-state index is 9.73. The molecule has 1 aliphatic heterocycles. The number of likely N-dealkylation sites (tertiary alicyclic amines) is 1. The molecule has 2 aromatic carbocycles. The Morgan fingerprint density at radius 3 is 2.52 bits per heavy atom. The fraction of sp³-hybridized carbons (Fsp3) is 0.385. The van der Waals surface area contributed by atoms with Gasteiger partial charge in [0.1, 0.15) is 17.3 Å². The summed E-state index contributed by atoms with van der Waals surface area (Å²) in [7, 11) is 1.65. The quantitative estimate of drug-likeness (QED) is 0.581. The summed E-state index contributed by atoms with van der Waals surface area (Å²) in [6.07, 6.45) is 6.72. The van der Waals surface area contributed by atoms with Gasteiger partial charge in [0.15, 0.2) is 0 Å². The van der Waals surface area contributed by atoms with Gasteiger partial charge in [0.2, 0.25) is 0 Å². The summed E-state index contributed by atoms with van der Waals surface area (Å²) in [5.74, 6) is 0.715. The minimum atomic E-state index is 0.249. The monoisotopic (exact) mass is 414 g/mol. The minimum absolute atomic E-state index is 0.249. The average Bonchev–Trinajstić information content (AvgIpc) is 3.09. The molecule has 1 N–H and O–H groups in total. The van der Waals surface area contributed by atoms with Crippen LogP contribution in [0.1, 0.15) is 48.4 Å². The van der Waals surface area contributed by atoms with Crippen LogP contribution < -0.4 is 10.1 Å². The summed E-state index contributed by atoms with van der Waals surface area (Å²) in [6.45, 7) is 5.07. The molecule has 31 heavy (non-hydrogen) atoms. The van der Waals surface area contributed by atoms with Crippen LogP contribution in [-0.4, -0.2) is 36.6 Å².